The number of nitrogens with one attached hydrogen (secondary N) is 1. The summed E-state index contributed by atoms with van der Waals surface area (Å²) in [6, 6.07) is 26.6. The van der Waals surface area contributed by atoms with Gasteiger partial charge < -0.3 is 10.6 Å². The van der Waals surface area contributed by atoms with Crippen LogP contribution >= 0.6 is 0 Å². The molecule has 0 atom stereocenters. The number of carbonyl (C=O) groups excluding carboxylic acids is 1. The summed E-state index contributed by atoms with van der Waals surface area (Å²) >= 11 is 0. The van der Waals surface area contributed by atoms with Gasteiger partial charge in [-0.3, -0.25) is 4.79 Å². The lowest BCUT2D eigenvalue weighted by Crippen LogP contribution is -2.87. The number of benzene rings is 3. The predicted molar refractivity (Wildman–Crippen MR) is 116 cm³/mol. The zero-order chi connectivity index (χ0) is 21.4. The van der Waals surface area contributed by atoms with Crippen molar-refractivity contribution in [2.24, 2.45) is 5.14 Å². The molecular formula is C23H26N3O3S+. The first-order valence-electron chi connectivity index (χ1n) is 9.75. The van der Waals surface area contributed by atoms with Gasteiger partial charge in [-0.1, -0.05) is 72.8 Å². The van der Waals surface area contributed by atoms with E-state index in [1.54, 1.807) is 12.1 Å². The summed E-state index contributed by atoms with van der Waals surface area (Å²) in [4.78, 5) is 12.4. The van der Waals surface area contributed by atoms with Crippen LogP contribution in [0.5, 0.6) is 0 Å². The lowest BCUT2D eigenvalue weighted by atomic mass is 9.99. The minimum Gasteiger partial charge on any atom is -0.351 e. The summed E-state index contributed by atoms with van der Waals surface area (Å²) in [5, 5.41) is 10.0. The molecule has 3 aromatic rings. The molecule has 3 aromatic carbocycles. The Morgan fingerprint density at radius 3 is 1.90 bits per heavy atom. The minimum absolute atomic E-state index is 0.0453. The standard InChI is InChI=1S/C23H25N3O3S/c24-30(28,29)21-13-11-18(12-14-21)15-16-25-22(27)17-26-23(19-7-3-1-4-8-19)20-9-5-2-6-10-20/h1-14,23,26H,15-17H2,(H,25,27)(H2,24,28,29)/p+1. The first-order valence-corrected chi connectivity index (χ1v) is 11.3. The number of nitrogens with two attached hydrogens (primary N) is 2. The number of hydrogen-bond acceptors (Lipinski definition) is 3. The molecule has 0 aliphatic rings. The van der Waals surface area contributed by atoms with Gasteiger partial charge in [-0.2, -0.15) is 0 Å². The van der Waals surface area contributed by atoms with Crippen molar-refractivity contribution < 1.29 is 18.5 Å². The molecule has 1 amide bonds. The van der Waals surface area contributed by atoms with E-state index in [-0.39, 0.29) is 16.8 Å². The highest BCUT2D eigenvalue weighted by Gasteiger charge is 2.18. The Labute approximate surface area is 177 Å². The van der Waals surface area contributed by atoms with Gasteiger partial charge in [-0.15, -0.1) is 0 Å². The number of rotatable bonds is 9. The number of sulfonamides is 1. The van der Waals surface area contributed by atoms with Gasteiger partial charge in [0.15, 0.2) is 6.54 Å². The van der Waals surface area contributed by atoms with Crippen molar-refractivity contribution in [3.8, 4) is 0 Å². The van der Waals surface area contributed by atoms with Crippen LogP contribution in [-0.4, -0.2) is 27.4 Å². The maximum Gasteiger partial charge on any atom is 0.275 e. The van der Waals surface area contributed by atoms with Gasteiger partial charge in [-0.25, -0.2) is 13.6 Å². The van der Waals surface area contributed by atoms with Crippen LogP contribution in [0.25, 0.3) is 0 Å². The maximum absolute atomic E-state index is 12.3. The molecule has 0 spiro atoms. The van der Waals surface area contributed by atoms with Crippen molar-refractivity contribution in [2.45, 2.75) is 17.4 Å². The van der Waals surface area contributed by atoms with E-state index < -0.39 is 10.0 Å². The van der Waals surface area contributed by atoms with E-state index in [4.69, 9.17) is 5.14 Å². The molecule has 6 nitrogen and oxygen atoms in total. The Morgan fingerprint density at radius 1 is 0.867 bits per heavy atom. The molecule has 5 N–H and O–H groups in total. The molecule has 0 aromatic heterocycles. The number of carbonyl (C=O) groups is 1. The summed E-state index contributed by atoms with van der Waals surface area (Å²) in [5.74, 6) is -0.0481. The molecule has 30 heavy (non-hydrogen) atoms. The lowest BCUT2D eigenvalue weighted by molar-refractivity contribution is -0.676. The molecule has 3 rings (SSSR count). The van der Waals surface area contributed by atoms with Gasteiger partial charge >= 0.3 is 0 Å². The van der Waals surface area contributed by atoms with Crippen LogP contribution in [0.4, 0.5) is 0 Å². The molecule has 0 aliphatic carbocycles. The van der Waals surface area contributed by atoms with Crippen molar-refractivity contribution >= 4 is 15.9 Å². The van der Waals surface area contributed by atoms with Crippen LogP contribution in [0.2, 0.25) is 0 Å². The second kappa shape index (κ2) is 10.2. The van der Waals surface area contributed by atoms with E-state index in [2.05, 4.69) is 29.6 Å². The fourth-order valence-electron chi connectivity index (χ4n) is 3.27. The molecule has 0 unspecified atom stereocenters. The Bertz CT molecular complexity index is 1010. The molecule has 0 radical (unpaired) electrons. The van der Waals surface area contributed by atoms with Crippen LogP contribution < -0.4 is 15.8 Å². The van der Waals surface area contributed by atoms with Gasteiger partial charge in [0.25, 0.3) is 5.91 Å². The quantitative estimate of drug-likeness (QED) is 0.483. The highest BCUT2D eigenvalue weighted by Crippen LogP contribution is 2.17. The van der Waals surface area contributed by atoms with E-state index in [1.165, 1.54) is 12.1 Å². The average Bonchev–Trinajstić information content (AvgIpc) is 2.75. The molecule has 156 valence electrons. The van der Waals surface area contributed by atoms with Gasteiger partial charge in [0.05, 0.1) is 4.90 Å². The van der Waals surface area contributed by atoms with Crippen molar-refractivity contribution in [3.05, 3.63) is 102 Å². The van der Waals surface area contributed by atoms with Crippen LogP contribution in [-0.2, 0) is 21.2 Å². The van der Waals surface area contributed by atoms with Crippen molar-refractivity contribution in [2.75, 3.05) is 13.1 Å². The van der Waals surface area contributed by atoms with E-state index in [1.807, 2.05) is 41.7 Å². The summed E-state index contributed by atoms with van der Waals surface area (Å²) in [5.41, 5.74) is 3.22. The van der Waals surface area contributed by atoms with Gasteiger partial charge in [-0.05, 0) is 24.1 Å². The Morgan fingerprint density at radius 2 is 1.40 bits per heavy atom. The monoisotopic (exact) mass is 424 g/mol. The van der Waals surface area contributed by atoms with E-state index in [0.717, 1.165) is 16.7 Å². The van der Waals surface area contributed by atoms with E-state index in [0.29, 0.717) is 19.5 Å². The second-order valence-corrected chi connectivity index (χ2v) is 8.59. The fraction of sp³-hybridized carbons (Fsp3) is 0.174. The van der Waals surface area contributed by atoms with Crippen LogP contribution in [0.3, 0.4) is 0 Å². The molecule has 0 fully saturated rings. The Kier molecular flexibility index (Phi) is 7.35. The Hall–Kier alpha value is -3.00. The maximum atomic E-state index is 12.3. The van der Waals surface area contributed by atoms with Crippen LogP contribution in [0.15, 0.2) is 89.8 Å². The number of primary sulfonamides is 1. The van der Waals surface area contributed by atoms with E-state index >= 15 is 0 Å². The summed E-state index contributed by atoms with van der Waals surface area (Å²) in [6.45, 7) is 0.779. The molecule has 0 heterocycles. The van der Waals surface area contributed by atoms with Gasteiger partial charge in [0, 0.05) is 17.7 Å². The van der Waals surface area contributed by atoms with Crippen molar-refractivity contribution in [1.82, 2.24) is 5.32 Å². The second-order valence-electron chi connectivity index (χ2n) is 7.03. The highest BCUT2D eigenvalue weighted by molar-refractivity contribution is 7.89. The minimum atomic E-state index is -3.69. The largest absolute Gasteiger partial charge is 0.351 e. The third-order valence-corrected chi connectivity index (χ3v) is 5.77. The van der Waals surface area contributed by atoms with Crippen LogP contribution in [0.1, 0.15) is 22.7 Å². The summed E-state index contributed by atoms with van der Waals surface area (Å²) in [6.07, 6.45) is 0.609. The third kappa shape index (κ3) is 6.25. The molecule has 0 bridgehead atoms. The zero-order valence-corrected chi connectivity index (χ0v) is 17.4. The molecule has 0 saturated carbocycles. The zero-order valence-electron chi connectivity index (χ0n) is 16.6. The van der Waals surface area contributed by atoms with Crippen LogP contribution in [0, 0.1) is 0 Å². The SMILES string of the molecule is NS(=O)(=O)c1ccc(CCNC(=O)C[NH2+]C(c2ccccc2)c2ccccc2)cc1. The molecule has 0 saturated heterocycles. The molecule has 7 heteroatoms. The van der Waals surface area contributed by atoms with E-state index in [9.17, 15) is 13.2 Å². The van der Waals surface area contributed by atoms with Gasteiger partial charge in [0.1, 0.15) is 6.04 Å². The van der Waals surface area contributed by atoms with Crippen molar-refractivity contribution in [3.63, 3.8) is 0 Å². The number of hydrogen-bond donors (Lipinski definition) is 3. The van der Waals surface area contributed by atoms with Gasteiger partial charge in [0.2, 0.25) is 10.0 Å². The predicted octanol–water partition coefficient (Wildman–Crippen LogP) is 1.35. The normalized spacial score (nSPS) is 11.4. The Balaban J connectivity index is 1.52. The average molecular weight is 425 g/mol. The topological polar surface area (TPSA) is 106 Å². The lowest BCUT2D eigenvalue weighted by Gasteiger charge is -2.16. The summed E-state index contributed by atoms with van der Waals surface area (Å²) < 4.78 is 22.6. The first-order chi connectivity index (χ1) is 14.4. The number of amides is 1. The number of quaternary nitrogens is 1. The molecular weight excluding hydrogens is 398 g/mol. The highest BCUT2D eigenvalue weighted by atomic mass is 32.2. The smallest absolute Gasteiger partial charge is 0.275 e. The fourth-order valence-corrected chi connectivity index (χ4v) is 3.79. The van der Waals surface area contributed by atoms with Crippen molar-refractivity contribution in [1.29, 1.82) is 0 Å². The molecule has 0 aliphatic heterocycles. The summed E-state index contributed by atoms with van der Waals surface area (Å²) in [7, 11) is -3.69. The third-order valence-electron chi connectivity index (χ3n) is 4.84. The first kappa shape index (κ1) is 21.7.